The Balaban J connectivity index is 2.70. The third kappa shape index (κ3) is 1.58. The van der Waals surface area contributed by atoms with Crippen LogP contribution in [0.15, 0.2) is 16.9 Å². The summed E-state index contributed by atoms with van der Waals surface area (Å²) < 4.78 is 9.40. The van der Waals surface area contributed by atoms with Gasteiger partial charge in [-0.25, -0.2) is 4.98 Å². The highest BCUT2D eigenvalue weighted by atomic mass is 16.5. The molecule has 1 heterocycles. The van der Waals surface area contributed by atoms with Gasteiger partial charge in [-0.15, -0.1) is 0 Å². The van der Waals surface area contributed by atoms with E-state index < -0.39 is 5.92 Å². The summed E-state index contributed by atoms with van der Waals surface area (Å²) in [6.07, 6.45) is 2.92. The molecule has 4 nitrogen and oxygen atoms in total. The molecule has 1 unspecified atom stereocenters. The average molecular weight is 155 g/mol. The van der Waals surface area contributed by atoms with Gasteiger partial charge in [0.05, 0.1) is 13.3 Å². The molecule has 0 aliphatic carbocycles. The van der Waals surface area contributed by atoms with E-state index in [1.54, 1.807) is 6.92 Å². The minimum atomic E-state index is -0.421. The first kappa shape index (κ1) is 7.78. The van der Waals surface area contributed by atoms with Crippen molar-refractivity contribution in [2.45, 2.75) is 12.8 Å². The van der Waals surface area contributed by atoms with Crippen molar-refractivity contribution in [3.05, 3.63) is 18.4 Å². The quantitative estimate of drug-likeness (QED) is 0.596. The van der Waals surface area contributed by atoms with E-state index in [2.05, 4.69) is 9.72 Å². The van der Waals surface area contributed by atoms with Crippen molar-refractivity contribution in [2.24, 2.45) is 0 Å². The zero-order chi connectivity index (χ0) is 8.27. The predicted molar refractivity (Wildman–Crippen MR) is 36.9 cm³/mol. The fourth-order valence-corrected chi connectivity index (χ4v) is 0.726. The molecule has 0 N–H and O–H groups in total. The first-order chi connectivity index (χ1) is 5.25. The Morgan fingerprint density at radius 2 is 2.55 bits per heavy atom. The molecule has 11 heavy (non-hydrogen) atoms. The van der Waals surface area contributed by atoms with Crippen molar-refractivity contribution < 1.29 is 13.9 Å². The van der Waals surface area contributed by atoms with Crippen LogP contribution in [0.2, 0.25) is 0 Å². The molecule has 0 fully saturated rings. The summed E-state index contributed by atoms with van der Waals surface area (Å²) in [5.74, 6) is -0.376. The Bertz CT molecular complexity index is 230. The van der Waals surface area contributed by atoms with Crippen LogP contribution in [-0.4, -0.2) is 18.1 Å². The van der Waals surface area contributed by atoms with Crippen LogP contribution in [0.5, 0.6) is 0 Å². The number of methoxy groups -OCH3 is 1. The SMILES string of the molecule is COC(=O)C(C)c1ncco1. The Morgan fingerprint density at radius 1 is 1.82 bits per heavy atom. The third-order valence-corrected chi connectivity index (χ3v) is 1.38. The van der Waals surface area contributed by atoms with E-state index >= 15 is 0 Å². The number of nitrogens with zero attached hydrogens (tertiary/aromatic N) is 1. The average Bonchev–Trinajstić information content (AvgIpc) is 2.53. The molecular formula is C7H9NO3. The zero-order valence-corrected chi connectivity index (χ0v) is 6.40. The number of oxazole rings is 1. The molecule has 1 rings (SSSR count). The van der Waals surface area contributed by atoms with Gasteiger partial charge in [0, 0.05) is 0 Å². The van der Waals surface area contributed by atoms with Crippen LogP contribution in [0.1, 0.15) is 18.7 Å². The minimum Gasteiger partial charge on any atom is -0.468 e. The van der Waals surface area contributed by atoms with E-state index in [1.165, 1.54) is 19.6 Å². The minimum absolute atomic E-state index is 0.340. The van der Waals surface area contributed by atoms with E-state index in [4.69, 9.17) is 4.42 Å². The van der Waals surface area contributed by atoms with Crippen LogP contribution in [0.25, 0.3) is 0 Å². The summed E-state index contributed by atoms with van der Waals surface area (Å²) in [7, 11) is 1.34. The van der Waals surface area contributed by atoms with Crippen molar-refractivity contribution in [3.8, 4) is 0 Å². The maximum Gasteiger partial charge on any atom is 0.317 e. The van der Waals surface area contributed by atoms with Crippen molar-refractivity contribution in [2.75, 3.05) is 7.11 Å². The van der Waals surface area contributed by atoms with Crippen LogP contribution >= 0.6 is 0 Å². The number of esters is 1. The molecule has 1 aromatic rings. The monoisotopic (exact) mass is 155 g/mol. The molecule has 0 spiro atoms. The van der Waals surface area contributed by atoms with Gasteiger partial charge in [-0.1, -0.05) is 0 Å². The van der Waals surface area contributed by atoms with Crippen LogP contribution < -0.4 is 0 Å². The van der Waals surface area contributed by atoms with Crippen LogP contribution in [0, 0.1) is 0 Å². The van der Waals surface area contributed by atoms with Gasteiger partial charge in [0.2, 0.25) is 5.89 Å². The number of carbonyl (C=O) groups is 1. The molecule has 0 saturated carbocycles. The lowest BCUT2D eigenvalue weighted by Gasteiger charge is -2.02. The van der Waals surface area contributed by atoms with Gasteiger partial charge in [0.1, 0.15) is 12.2 Å². The van der Waals surface area contributed by atoms with E-state index in [0.29, 0.717) is 5.89 Å². The first-order valence-corrected chi connectivity index (χ1v) is 3.23. The van der Waals surface area contributed by atoms with Crippen molar-refractivity contribution >= 4 is 5.97 Å². The highest BCUT2D eigenvalue weighted by Gasteiger charge is 2.19. The molecule has 0 aliphatic rings. The third-order valence-electron chi connectivity index (χ3n) is 1.38. The van der Waals surface area contributed by atoms with Crippen molar-refractivity contribution in [3.63, 3.8) is 0 Å². The Morgan fingerprint density at radius 3 is 3.00 bits per heavy atom. The van der Waals surface area contributed by atoms with Gasteiger partial charge in [-0.2, -0.15) is 0 Å². The molecule has 0 aromatic carbocycles. The lowest BCUT2D eigenvalue weighted by molar-refractivity contribution is -0.142. The predicted octanol–water partition coefficient (Wildman–Crippen LogP) is 0.951. The first-order valence-electron chi connectivity index (χ1n) is 3.23. The number of aromatic nitrogens is 1. The molecule has 0 saturated heterocycles. The van der Waals surface area contributed by atoms with E-state index in [-0.39, 0.29) is 5.97 Å². The summed E-state index contributed by atoms with van der Waals surface area (Å²) in [5, 5.41) is 0. The number of rotatable bonds is 2. The summed E-state index contributed by atoms with van der Waals surface area (Å²) in [4.78, 5) is 14.7. The molecule has 60 valence electrons. The molecule has 0 bridgehead atoms. The lowest BCUT2D eigenvalue weighted by atomic mass is 10.2. The van der Waals surface area contributed by atoms with Gasteiger partial charge < -0.3 is 9.15 Å². The van der Waals surface area contributed by atoms with Crippen molar-refractivity contribution in [1.29, 1.82) is 0 Å². The van der Waals surface area contributed by atoms with Crippen LogP contribution in [-0.2, 0) is 9.53 Å². The lowest BCUT2D eigenvalue weighted by Crippen LogP contribution is -2.10. The van der Waals surface area contributed by atoms with E-state index in [9.17, 15) is 4.79 Å². The van der Waals surface area contributed by atoms with Gasteiger partial charge in [0.25, 0.3) is 0 Å². The Kier molecular flexibility index (Phi) is 2.25. The normalized spacial score (nSPS) is 12.5. The zero-order valence-electron chi connectivity index (χ0n) is 6.40. The van der Waals surface area contributed by atoms with Gasteiger partial charge >= 0.3 is 5.97 Å². The van der Waals surface area contributed by atoms with Crippen molar-refractivity contribution in [1.82, 2.24) is 4.98 Å². The molecule has 4 heteroatoms. The number of carbonyl (C=O) groups excluding carboxylic acids is 1. The maximum absolute atomic E-state index is 10.9. The highest BCUT2D eigenvalue weighted by molar-refractivity contribution is 5.76. The molecule has 0 radical (unpaired) electrons. The summed E-state index contributed by atoms with van der Waals surface area (Å²) in [6, 6.07) is 0. The number of ether oxygens (including phenoxy) is 1. The molecule has 0 aliphatic heterocycles. The molecule has 1 atom stereocenters. The molecule has 1 aromatic heterocycles. The van der Waals surface area contributed by atoms with E-state index in [1.807, 2.05) is 0 Å². The topological polar surface area (TPSA) is 52.3 Å². The fourth-order valence-electron chi connectivity index (χ4n) is 0.726. The Labute approximate surface area is 64.2 Å². The molecule has 0 amide bonds. The van der Waals surface area contributed by atoms with Gasteiger partial charge in [-0.3, -0.25) is 4.79 Å². The second-order valence-electron chi connectivity index (χ2n) is 2.12. The largest absolute Gasteiger partial charge is 0.468 e. The highest BCUT2D eigenvalue weighted by Crippen LogP contribution is 2.12. The summed E-state index contributed by atoms with van der Waals surface area (Å²) in [6.45, 7) is 1.68. The Hall–Kier alpha value is -1.32. The summed E-state index contributed by atoms with van der Waals surface area (Å²) >= 11 is 0. The number of hydrogen-bond acceptors (Lipinski definition) is 4. The fraction of sp³-hybridized carbons (Fsp3) is 0.429. The number of hydrogen-bond donors (Lipinski definition) is 0. The maximum atomic E-state index is 10.9. The second kappa shape index (κ2) is 3.18. The smallest absolute Gasteiger partial charge is 0.317 e. The van der Waals surface area contributed by atoms with Crippen LogP contribution in [0.3, 0.4) is 0 Å². The summed E-state index contributed by atoms with van der Waals surface area (Å²) in [5.41, 5.74) is 0. The second-order valence-corrected chi connectivity index (χ2v) is 2.12. The van der Waals surface area contributed by atoms with Crippen LogP contribution in [0.4, 0.5) is 0 Å². The van der Waals surface area contributed by atoms with Gasteiger partial charge in [-0.05, 0) is 6.92 Å². The van der Waals surface area contributed by atoms with E-state index in [0.717, 1.165) is 0 Å². The van der Waals surface area contributed by atoms with Gasteiger partial charge in [0.15, 0.2) is 0 Å². The standard InChI is InChI=1S/C7H9NO3/c1-5(7(9)10-2)6-8-3-4-11-6/h3-5H,1-2H3. The molecular weight excluding hydrogens is 146 g/mol.